The average Bonchev–Trinajstić information content (AvgIpc) is 2.27. The van der Waals surface area contributed by atoms with Gasteiger partial charge in [-0.2, -0.15) is 11.8 Å². The topological polar surface area (TPSA) is 46.2 Å². The Bertz CT molecular complexity index is 331. The molecule has 0 saturated carbocycles. The molecule has 0 spiro atoms. The van der Waals surface area contributed by atoms with E-state index < -0.39 is 5.60 Å². The van der Waals surface area contributed by atoms with Crippen LogP contribution >= 0.6 is 23.4 Å². The first-order valence-electron chi connectivity index (χ1n) is 5.29. The van der Waals surface area contributed by atoms with E-state index in [0.29, 0.717) is 13.0 Å². The van der Waals surface area contributed by atoms with E-state index in [2.05, 4.69) is 0 Å². The minimum absolute atomic E-state index is 0.305. The number of hydrogen-bond acceptors (Lipinski definition) is 3. The summed E-state index contributed by atoms with van der Waals surface area (Å²) in [7, 11) is 0. The third kappa shape index (κ3) is 4.74. The molecule has 1 rings (SSSR count). The van der Waals surface area contributed by atoms with Gasteiger partial charge < -0.3 is 10.8 Å². The maximum Gasteiger partial charge on any atom is 0.0749 e. The van der Waals surface area contributed by atoms with Crippen molar-refractivity contribution in [3.63, 3.8) is 0 Å². The van der Waals surface area contributed by atoms with E-state index in [1.807, 2.05) is 24.3 Å². The number of hydrogen-bond donors (Lipinski definition) is 2. The number of rotatable bonds is 6. The van der Waals surface area contributed by atoms with E-state index in [-0.39, 0.29) is 0 Å². The van der Waals surface area contributed by atoms with E-state index in [0.717, 1.165) is 22.1 Å². The minimum Gasteiger partial charge on any atom is -0.389 e. The van der Waals surface area contributed by atoms with E-state index >= 15 is 0 Å². The van der Waals surface area contributed by atoms with Gasteiger partial charge >= 0.3 is 0 Å². The maximum atomic E-state index is 9.71. The lowest BCUT2D eigenvalue weighted by atomic mass is 10.1. The van der Waals surface area contributed by atoms with E-state index in [9.17, 15) is 5.11 Å². The van der Waals surface area contributed by atoms with Gasteiger partial charge in [-0.3, -0.25) is 0 Å². The van der Waals surface area contributed by atoms with Gasteiger partial charge in [0.05, 0.1) is 5.60 Å². The zero-order chi connectivity index (χ0) is 12.0. The number of benzene rings is 1. The predicted octanol–water partition coefficient (Wildman–Crippen LogP) is 2.67. The Balaban J connectivity index is 2.29. The van der Waals surface area contributed by atoms with Crippen LogP contribution in [0.15, 0.2) is 24.3 Å². The molecule has 0 saturated heterocycles. The largest absolute Gasteiger partial charge is 0.389 e. The minimum atomic E-state index is -0.743. The lowest BCUT2D eigenvalue weighted by Crippen LogP contribution is -2.34. The van der Waals surface area contributed by atoms with Crippen molar-refractivity contribution in [1.29, 1.82) is 0 Å². The summed E-state index contributed by atoms with van der Waals surface area (Å²) in [6, 6.07) is 7.83. The monoisotopic (exact) mass is 259 g/mol. The molecule has 1 atom stereocenters. The molecule has 0 aliphatic rings. The molecule has 16 heavy (non-hydrogen) atoms. The lowest BCUT2D eigenvalue weighted by molar-refractivity contribution is 0.0665. The summed E-state index contributed by atoms with van der Waals surface area (Å²) in [5.74, 6) is 1.76. The van der Waals surface area contributed by atoms with Gasteiger partial charge in [0, 0.05) is 17.3 Å². The molecule has 0 aliphatic carbocycles. The summed E-state index contributed by atoms with van der Waals surface area (Å²) in [6.07, 6.45) is 0.707. The third-order valence-electron chi connectivity index (χ3n) is 2.44. The van der Waals surface area contributed by atoms with Crippen molar-refractivity contribution in [2.75, 3.05) is 12.3 Å². The van der Waals surface area contributed by atoms with Crippen molar-refractivity contribution in [2.45, 2.75) is 24.7 Å². The Morgan fingerprint density at radius 3 is 2.75 bits per heavy atom. The van der Waals surface area contributed by atoms with Gasteiger partial charge in [-0.15, -0.1) is 0 Å². The Morgan fingerprint density at radius 1 is 1.44 bits per heavy atom. The highest BCUT2D eigenvalue weighted by molar-refractivity contribution is 7.98. The Hall–Kier alpha value is -0.220. The highest BCUT2D eigenvalue weighted by Gasteiger charge is 2.16. The van der Waals surface area contributed by atoms with Crippen LogP contribution in [0.1, 0.15) is 18.9 Å². The molecule has 2 nitrogen and oxygen atoms in total. The molecule has 0 fully saturated rings. The van der Waals surface area contributed by atoms with Crippen LogP contribution in [-0.2, 0) is 5.75 Å². The third-order valence-corrected chi connectivity index (χ3v) is 3.82. The second-order valence-corrected chi connectivity index (χ2v) is 5.61. The standard InChI is InChI=1S/C12H18ClNOS/c1-12(15,9-14)6-7-16-8-10-4-2-3-5-11(10)13/h2-5,15H,6-9,14H2,1H3. The number of aliphatic hydroxyl groups is 1. The Kier molecular flexibility index (Phi) is 5.62. The van der Waals surface area contributed by atoms with Gasteiger partial charge in [0.2, 0.25) is 0 Å². The summed E-state index contributed by atoms with van der Waals surface area (Å²) in [4.78, 5) is 0. The van der Waals surface area contributed by atoms with Crippen LogP contribution in [0.25, 0.3) is 0 Å². The van der Waals surface area contributed by atoms with Crippen molar-refractivity contribution in [1.82, 2.24) is 0 Å². The van der Waals surface area contributed by atoms with Crippen molar-refractivity contribution in [3.05, 3.63) is 34.9 Å². The van der Waals surface area contributed by atoms with Gasteiger partial charge in [-0.1, -0.05) is 29.8 Å². The average molecular weight is 260 g/mol. The number of thioether (sulfide) groups is 1. The maximum absolute atomic E-state index is 9.71. The summed E-state index contributed by atoms with van der Waals surface area (Å²) in [5.41, 5.74) is 5.84. The van der Waals surface area contributed by atoms with Crippen LogP contribution < -0.4 is 5.73 Å². The van der Waals surface area contributed by atoms with Crippen LogP contribution in [0, 0.1) is 0 Å². The van der Waals surface area contributed by atoms with Gasteiger partial charge in [0.15, 0.2) is 0 Å². The fraction of sp³-hybridized carbons (Fsp3) is 0.500. The summed E-state index contributed by atoms with van der Waals surface area (Å²) in [6.45, 7) is 2.07. The molecule has 1 aromatic rings. The molecule has 4 heteroatoms. The number of nitrogens with two attached hydrogens (primary N) is 1. The van der Waals surface area contributed by atoms with Crippen LogP contribution in [-0.4, -0.2) is 23.0 Å². The zero-order valence-corrected chi connectivity index (χ0v) is 11.0. The number of halogens is 1. The first-order chi connectivity index (χ1) is 7.55. The summed E-state index contributed by atoms with van der Waals surface area (Å²) >= 11 is 7.80. The van der Waals surface area contributed by atoms with E-state index in [1.165, 1.54) is 0 Å². The molecule has 90 valence electrons. The van der Waals surface area contributed by atoms with Crippen LogP contribution in [0.4, 0.5) is 0 Å². The fourth-order valence-electron chi connectivity index (χ4n) is 1.19. The first kappa shape index (κ1) is 13.8. The smallest absolute Gasteiger partial charge is 0.0749 e. The summed E-state index contributed by atoms with van der Waals surface area (Å²) < 4.78 is 0. The van der Waals surface area contributed by atoms with E-state index in [1.54, 1.807) is 18.7 Å². The fourth-order valence-corrected chi connectivity index (χ4v) is 2.67. The Morgan fingerprint density at radius 2 is 2.12 bits per heavy atom. The van der Waals surface area contributed by atoms with Crippen LogP contribution in [0.3, 0.4) is 0 Å². The van der Waals surface area contributed by atoms with Crippen molar-refractivity contribution in [3.8, 4) is 0 Å². The molecule has 0 aromatic heterocycles. The van der Waals surface area contributed by atoms with Crippen LogP contribution in [0.5, 0.6) is 0 Å². The van der Waals surface area contributed by atoms with Gasteiger partial charge in [-0.05, 0) is 30.7 Å². The van der Waals surface area contributed by atoms with Crippen molar-refractivity contribution in [2.24, 2.45) is 5.73 Å². The predicted molar refractivity (Wildman–Crippen MR) is 71.9 cm³/mol. The molecule has 0 amide bonds. The molecule has 3 N–H and O–H groups in total. The SMILES string of the molecule is CC(O)(CN)CCSCc1ccccc1Cl. The van der Waals surface area contributed by atoms with Crippen molar-refractivity contribution < 1.29 is 5.11 Å². The van der Waals surface area contributed by atoms with E-state index in [4.69, 9.17) is 17.3 Å². The van der Waals surface area contributed by atoms with Gasteiger partial charge in [0.25, 0.3) is 0 Å². The normalized spacial score (nSPS) is 14.8. The highest BCUT2D eigenvalue weighted by atomic mass is 35.5. The second kappa shape index (κ2) is 6.50. The van der Waals surface area contributed by atoms with Crippen molar-refractivity contribution >= 4 is 23.4 Å². The molecular weight excluding hydrogens is 242 g/mol. The molecule has 0 heterocycles. The Labute approximate surface area is 106 Å². The molecule has 0 radical (unpaired) electrons. The molecular formula is C12H18ClNOS. The van der Waals surface area contributed by atoms with Gasteiger partial charge in [-0.25, -0.2) is 0 Å². The molecule has 1 aromatic carbocycles. The second-order valence-electron chi connectivity index (χ2n) is 4.10. The molecule has 0 aliphatic heterocycles. The van der Waals surface area contributed by atoms with Crippen LogP contribution in [0.2, 0.25) is 5.02 Å². The highest BCUT2D eigenvalue weighted by Crippen LogP contribution is 2.22. The quantitative estimate of drug-likeness (QED) is 0.772. The zero-order valence-electron chi connectivity index (χ0n) is 9.45. The first-order valence-corrected chi connectivity index (χ1v) is 6.82. The lowest BCUT2D eigenvalue weighted by Gasteiger charge is -2.20. The molecule has 0 bridgehead atoms. The summed E-state index contributed by atoms with van der Waals surface area (Å²) in [5, 5.41) is 10.5. The molecule has 1 unspecified atom stereocenters. The van der Waals surface area contributed by atoms with Gasteiger partial charge in [0.1, 0.15) is 0 Å².